The van der Waals surface area contributed by atoms with Crippen LogP contribution >= 0.6 is 0 Å². The molecule has 0 radical (unpaired) electrons. The Bertz CT molecular complexity index is 1460. The SMILES string of the molecule is CC(C)(F)c1cccc(-n2c3nc(Nc4ccc5c(c4)CCNC5)ncc3c(=O)n2C2CC2)n1. The van der Waals surface area contributed by atoms with Gasteiger partial charge in [-0.2, -0.15) is 4.98 Å². The lowest BCUT2D eigenvalue weighted by atomic mass is 10.0. The molecule has 8 nitrogen and oxygen atoms in total. The molecule has 1 aliphatic heterocycles. The fourth-order valence-electron chi connectivity index (χ4n) is 4.49. The second-order valence-electron chi connectivity index (χ2n) is 9.51. The molecule has 0 unspecified atom stereocenters. The maximum absolute atomic E-state index is 14.7. The Labute approximate surface area is 195 Å². The zero-order valence-corrected chi connectivity index (χ0v) is 19.2. The summed E-state index contributed by atoms with van der Waals surface area (Å²) < 4.78 is 18.1. The summed E-state index contributed by atoms with van der Waals surface area (Å²) in [5.74, 6) is 0.859. The number of nitrogens with zero attached hydrogens (tertiary/aromatic N) is 5. The molecule has 2 aliphatic rings. The molecule has 1 aromatic carbocycles. The van der Waals surface area contributed by atoms with Crippen LogP contribution < -0.4 is 16.2 Å². The Morgan fingerprint density at radius 2 is 2.00 bits per heavy atom. The fourth-order valence-corrected chi connectivity index (χ4v) is 4.49. The number of benzene rings is 1. The topological polar surface area (TPSA) is 89.7 Å². The van der Waals surface area contributed by atoms with Gasteiger partial charge < -0.3 is 10.6 Å². The van der Waals surface area contributed by atoms with Gasteiger partial charge in [0, 0.05) is 18.4 Å². The standard InChI is InChI=1S/C25H26FN7O/c1-25(2,26)20-4-3-5-21(30-20)33-22-19(23(34)32(33)18-8-9-18)14-28-24(31-22)29-17-7-6-16-13-27-11-10-15(16)12-17/h3-7,12,14,18,27H,8-11,13H2,1-2H3,(H,28,29,31). The van der Waals surface area contributed by atoms with Crippen molar-refractivity contribution in [2.24, 2.45) is 0 Å². The van der Waals surface area contributed by atoms with Crippen molar-refractivity contribution in [3.05, 3.63) is 69.8 Å². The van der Waals surface area contributed by atoms with E-state index in [1.165, 1.54) is 25.0 Å². The lowest BCUT2D eigenvalue weighted by Gasteiger charge is -2.18. The largest absolute Gasteiger partial charge is 0.324 e. The van der Waals surface area contributed by atoms with E-state index in [0.29, 0.717) is 28.5 Å². The molecule has 1 saturated carbocycles. The average molecular weight is 460 g/mol. The predicted molar refractivity (Wildman–Crippen MR) is 128 cm³/mol. The molecule has 1 fully saturated rings. The molecular formula is C25H26FN7O. The molecule has 6 rings (SSSR count). The van der Waals surface area contributed by atoms with Gasteiger partial charge >= 0.3 is 0 Å². The molecule has 0 bridgehead atoms. The van der Waals surface area contributed by atoms with Crippen molar-refractivity contribution in [3.8, 4) is 5.82 Å². The molecule has 174 valence electrons. The van der Waals surface area contributed by atoms with Crippen molar-refractivity contribution in [2.75, 3.05) is 11.9 Å². The highest BCUT2D eigenvalue weighted by Crippen LogP contribution is 2.36. The third kappa shape index (κ3) is 3.66. The second kappa shape index (κ2) is 7.73. The normalized spacial score (nSPS) is 16.0. The summed E-state index contributed by atoms with van der Waals surface area (Å²) in [6.07, 6.45) is 4.36. The second-order valence-corrected chi connectivity index (χ2v) is 9.51. The molecule has 2 N–H and O–H groups in total. The van der Waals surface area contributed by atoms with Crippen LogP contribution in [0, 0.1) is 0 Å². The highest BCUT2D eigenvalue weighted by Gasteiger charge is 2.31. The van der Waals surface area contributed by atoms with E-state index in [1.807, 2.05) is 6.07 Å². The minimum atomic E-state index is -1.60. The number of anilines is 2. The van der Waals surface area contributed by atoms with Gasteiger partial charge in [0.1, 0.15) is 11.1 Å². The van der Waals surface area contributed by atoms with Gasteiger partial charge in [-0.15, -0.1) is 0 Å². The number of alkyl halides is 1. The van der Waals surface area contributed by atoms with Crippen LogP contribution in [0.15, 0.2) is 47.4 Å². The average Bonchev–Trinajstić information content (AvgIpc) is 3.62. The summed E-state index contributed by atoms with van der Waals surface area (Å²) in [5.41, 5.74) is 2.50. The van der Waals surface area contributed by atoms with Crippen LogP contribution in [-0.4, -0.2) is 30.9 Å². The van der Waals surface area contributed by atoms with Crippen molar-refractivity contribution >= 4 is 22.7 Å². The Morgan fingerprint density at radius 3 is 2.79 bits per heavy atom. The van der Waals surface area contributed by atoms with E-state index in [1.54, 1.807) is 33.8 Å². The number of nitrogens with one attached hydrogen (secondary N) is 2. The number of hydrogen-bond acceptors (Lipinski definition) is 6. The molecule has 0 atom stereocenters. The van der Waals surface area contributed by atoms with Gasteiger partial charge in [0.05, 0.1) is 11.7 Å². The first-order valence-corrected chi connectivity index (χ1v) is 11.6. The molecular weight excluding hydrogens is 433 g/mol. The van der Waals surface area contributed by atoms with Crippen molar-refractivity contribution in [1.82, 2.24) is 29.6 Å². The van der Waals surface area contributed by atoms with Crippen LogP contribution in [0.1, 0.15) is 49.6 Å². The van der Waals surface area contributed by atoms with Crippen molar-refractivity contribution in [2.45, 2.75) is 51.4 Å². The first kappa shape index (κ1) is 21.0. The van der Waals surface area contributed by atoms with E-state index in [2.05, 4.69) is 32.7 Å². The number of rotatable bonds is 5. The van der Waals surface area contributed by atoms with Crippen LogP contribution in [0.3, 0.4) is 0 Å². The lowest BCUT2D eigenvalue weighted by molar-refractivity contribution is 0.214. The lowest BCUT2D eigenvalue weighted by Crippen LogP contribution is -2.23. The summed E-state index contributed by atoms with van der Waals surface area (Å²) in [4.78, 5) is 26.9. The van der Waals surface area contributed by atoms with Crippen molar-refractivity contribution in [1.29, 1.82) is 0 Å². The summed E-state index contributed by atoms with van der Waals surface area (Å²) in [6, 6.07) is 11.5. The van der Waals surface area contributed by atoms with Crippen LogP contribution in [0.25, 0.3) is 16.9 Å². The highest BCUT2D eigenvalue weighted by atomic mass is 19.1. The third-order valence-electron chi connectivity index (χ3n) is 6.43. The van der Waals surface area contributed by atoms with Crippen LogP contribution in [0.4, 0.5) is 16.0 Å². The van der Waals surface area contributed by atoms with Gasteiger partial charge in [0.15, 0.2) is 11.5 Å². The number of pyridine rings is 1. The molecule has 9 heteroatoms. The Balaban J connectivity index is 1.46. The van der Waals surface area contributed by atoms with E-state index in [4.69, 9.17) is 4.98 Å². The molecule has 0 saturated heterocycles. The maximum atomic E-state index is 14.7. The highest BCUT2D eigenvalue weighted by molar-refractivity contribution is 5.77. The maximum Gasteiger partial charge on any atom is 0.278 e. The first-order chi connectivity index (χ1) is 16.4. The van der Waals surface area contributed by atoms with Gasteiger partial charge in [0.2, 0.25) is 5.95 Å². The zero-order valence-electron chi connectivity index (χ0n) is 19.2. The summed E-state index contributed by atoms with van der Waals surface area (Å²) >= 11 is 0. The molecule has 3 aromatic heterocycles. The Morgan fingerprint density at radius 1 is 1.15 bits per heavy atom. The smallest absolute Gasteiger partial charge is 0.278 e. The number of aromatic nitrogens is 5. The minimum absolute atomic E-state index is 0.0798. The number of fused-ring (bicyclic) bond motifs is 2. The third-order valence-corrected chi connectivity index (χ3v) is 6.43. The molecule has 0 amide bonds. The molecule has 1 aliphatic carbocycles. The van der Waals surface area contributed by atoms with Crippen molar-refractivity contribution < 1.29 is 4.39 Å². The minimum Gasteiger partial charge on any atom is -0.324 e. The van der Waals surface area contributed by atoms with Crippen LogP contribution in [0.2, 0.25) is 0 Å². The molecule has 4 heterocycles. The monoisotopic (exact) mass is 459 g/mol. The Hall–Kier alpha value is -3.59. The van der Waals surface area contributed by atoms with E-state index in [0.717, 1.165) is 38.0 Å². The number of hydrogen-bond donors (Lipinski definition) is 2. The molecule has 34 heavy (non-hydrogen) atoms. The summed E-state index contributed by atoms with van der Waals surface area (Å²) in [5, 5.41) is 7.08. The quantitative estimate of drug-likeness (QED) is 0.470. The molecule has 4 aromatic rings. The number of halogens is 1. The van der Waals surface area contributed by atoms with Crippen LogP contribution in [0.5, 0.6) is 0 Å². The first-order valence-electron chi connectivity index (χ1n) is 11.6. The fraction of sp³-hybridized carbons (Fsp3) is 0.360. The van der Waals surface area contributed by atoms with Gasteiger partial charge in [-0.05, 0) is 75.0 Å². The van der Waals surface area contributed by atoms with Gasteiger partial charge in [-0.1, -0.05) is 12.1 Å². The van der Waals surface area contributed by atoms with Gasteiger partial charge in [-0.25, -0.2) is 23.7 Å². The van der Waals surface area contributed by atoms with Gasteiger partial charge in [0.25, 0.3) is 5.56 Å². The van der Waals surface area contributed by atoms with E-state index in [-0.39, 0.29) is 11.6 Å². The summed E-state index contributed by atoms with van der Waals surface area (Å²) in [6.45, 7) is 4.78. The van der Waals surface area contributed by atoms with Gasteiger partial charge in [-0.3, -0.25) is 4.79 Å². The zero-order chi connectivity index (χ0) is 23.4. The summed E-state index contributed by atoms with van der Waals surface area (Å²) in [7, 11) is 0. The van der Waals surface area contributed by atoms with E-state index >= 15 is 0 Å². The van der Waals surface area contributed by atoms with Crippen LogP contribution in [-0.2, 0) is 18.6 Å². The molecule has 0 spiro atoms. The van der Waals surface area contributed by atoms with Crippen molar-refractivity contribution in [3.63, 3.8) is 0 Å². The van der Waals surface area contributed by atoms with E-state index < -0.39 is 5.67 Å². The van der Waals surface area contributed by atoms with E-state index in [9.17, 15) is 9.18 Å². The predicted octanol–water partition coefficient (Wildman–Crippen LogP) is 3.91. The Kier molecular flexibility index (Phi) is 4.77.